The second-order valence-electron chi connectivity index (χ2n) is 8.16. The van der Waals surface area contributed by atoms with Gasteiger partial charge in [0.1, 0.15) is 6.10 Å². The van der Waals surface area contributed by atoms with Crippen LogP contribution in [0.4, 0.5) is 0 Å². The largest absolute Gasteiger partial charge is 0.459 e. The Balaban J connectivity index is 2.04. The Labute approximate surface area is 166 Å². The normalized spacial score (nSPS) is 37.8. The molecule has 0 aromatic rings. The highest BCUT2D eigenvalue weighted by Crippen LogP contribution is 2.57. The third kappa shape index (κ3) is 2.94. The molecular weight excluding hydrogens is 360 g/mol. The van der Waals surface area contributed by atoms with Crippen molar-refractivity contribution in [3.63, 3.8) is 0 Å². The second-order valence-corrected chi connectivity index (χ2v) is 8.16. The van der Waals surface area contributed by atoms with Crippen molar-refractivity contribution in [2.45, 2.75) is 72.4 Å². The van der Waals surface area contributed by atoms with Crippen LogP contribution in [0.25, 0.3) is 0 Å². The molecule has 1 aliphatic heterocycles. The summed E-state index contributed by atoms with van der Waals surface area (Å²) in [6.45, 7) is 11.6. The summed E-state index contributed by atoms with van der Waals surface area (Å²) in [7, 11) is 0. The van der Waals surface area contributed by atoms with Gasteiger partial charge in [-0.05, 0) is 46.6 Å². The van der Waals surface area contributed by atoms with E-state index in [0.29, 0.717) is 36.2 Å². The molecule has 6 heteroatoms. The van der Waals surface area contributed by atoms with Gasteiger partial charge in [0.25, 0.3) is 5.79 Å². The summed E-state index contributed by atoms with van der Waals surface area (Å²) in [5.41, 5.74) is 1.87. The molecule has 1 heterocycles. The van der Waals surface area contributed by atoms with Crippen LogP contribution in [0.2, 0.25) is 0 Å². The van der Waals surface area contributed by atoms with E-state index in [1.807, 2.05) is 20.8 Å². The maximum Gasteiger partial charge on any atom is 0.337 e. The second kappa shape index (κ2) is 7.16. The predicted octanol–water partition coefficient (Wildman–Crippen LogP) is 3.21. The van der Waals surface area contributed by atoms with Gasteiger partial charge in [-0.15, -0.1) is 0 Å². The van der Waals surface area contributed by atoms with Crippen LogP contribution in [0, 0.1) is 11.3 Å². The third-order valence-corrected chi connectivity index (χ3v) is 6.76. The van der Waals surface area contributed by atoms with E-state index in [0.717, 1.165) is 5.57 Å². The lowest BCUT2D eigenvalue weighted by Crippen LogP contribution is -2.56. The molecule has 1 fully saturated rings. The molecule has 3 aliphatic rings. The zero-order chi connectivity index (χ0) is 20.9. The zero-order valence-corrected chi connectivity index (χ0v) is 17.5. The van der Waals surface area contributed by atoms with E-state index in [2.05, 4.69) is 6.92 Å². The fourth-order valence-electron chi connectivity index (χ4n) is 4.74. The minimum Gasteiger partial charge on any atom is -0.459 e. The lowest BCUT2D eigenvalue weighted by Gasteiger charge is -2.53. The van der Waals surface area contributed by atoms with Crippen molar-refractivity contribution in [1.82, 2.24) is 0 Å². The van der Waals surface area contributed by atoms with Crippen molar-refractivity contribution in [2.24, 2.45) is 11.3 Å². The van der Waals surface area contributed by atoms with E-state index in [4.69, 9.17) is 14.2 Å². The van der Waals surface area contributed by atoms with E-state index in [9.17, 15) is 14.7 Å². The first-order valence-electron chi connectivity index (χ1n) is 9.94. The van der Waals surface area contributed by atoms with Crippen LogP contribution >= 0.6 is 0 Å². The lowest BCUT2D eigenvalue weighted by molar-refractivity contribution is -0.180. The lowest BCUT2D eigenvalue weighted by atomic mass is 9.56. The predicted molar refractivity (Wildman–Crippen MR) is 103 cm³/mol. The van der Waals surface area contributed by atoms with E-state index >= 15 is 0 Å². The molecule has 0 saturated heterocycles. The molecule has 5 unspecified atom stereocenters. The van der Waals surface area contributed by atoms with Crippen LogP contribution in [0.5, 0.6) is 0 Å². The Morgan fingerprint density at radius 1 is 1.46 bits per heavy atom. The molecule has 1 N–H and O–H groups in total. The number of allylic oxidation sites excluding steroid dienone is 1. The van der Waals surface area contributed by atoms with E-state index < -0.39 is 23.3 Å². The number of carbonyl (C=O) groups is 2. The highest BCUT2D eigenvalue weighted by atomic mass is 16.7. The zero-order valence-electron chi connectivity index (χ0n) is 17.5. The highest BCUT2D eigenvalue weighted by molar-refractivity contribution is 5.93. The minimum absolute atomic E-state index is 0.0711. The van der Waals surface area contributed by atoms with Crippen molar-refractivity contribution in [3.8, 4) is 0 Å². The number of hydrogen-bond acceptors (Lipinski definition) is 6. The van der Waals surface area contributed by atoms with Crippen molar-refractivity contribution in [3.05, 3.63) is 34.4 Å². The smallest absolute Gasteiger partial charge is 0.337 e. The average Bonchev–Trinajstić information content (AvgIpc) is 2.87. The summed E-state index contributed by atoms with van der Waals surface area (Å²) in [6.07, 6.45) is 3.86. The van der Waals surface area contributed by atoms with Crippen LogP contribution in [0.1, 0.15) is 54.4 Å². The van der Waals surface area contributed by atoms with Gasteiger partial charge < -0.3 is 19.3 Å². The van der Waals surface area contributed by atoms with Crippen LogP contribution in [0.3, 0.4) is 0 Å². The van der Waals surface area contributed by atoms with E-state index in [1.165, 1.54) is 0 Å². The van der Waals surface area contributed by atoms with Gasteiger partial charge in [0, 0.05) is 34.7 Å². The van der Waals surface area contributed by atoms with Crippen LogP contribution < -0.4 is 0 Å². The molecule has 0 spiro atoms. The minimum atomic E-state index is -1.75. The van der Waals surface area contributed by atoms with E-state index in [-0.39, 0.29) is 18.0 Å². The number of hydrogen-bond donors (Lipinski definition) is 1. The Morgan fingerprint density at radius 2 is 2.14 bits per heavy atom. The van der Waals surface area contributed by atoms with Crippen LogP contribution in [-0.4, -0.2) is 41.6 Å². The van der Waals surface area contributed by atoms with Crippen molar-refractivity contribution in [1.29, 1.82) is 0 Å². The fraction of sp³-hybridized carbons (Fsp3) is 0.636. The number of rotatable bonds is 4. The molecule has 0 radical (unpaired) electrons. The van der Waals surface area contributed by atoms with Crippen LogP contribution in [0.15, 0.2) is 34.4 Å². The molecule has 0 aromatic carbocycles. The van der Waals surface area contributed by atoms with Crippen molar-refractivity contribution in [2.75, 3.05) is 6.61 Å². The SMILES string of the molecule is CC=C(C)C(=O)OC1CCC2=CC3(O)OC(=O)C(C)=C3C(OCC)C2(C)C1C. The van der Waals surface area contributed by atoms with E-state index in [1.54, 1.807) is 26.0 Å². The monoisotopic (exact) mass is 390 g/mol. The van der Waals surface area contributed by atoms with Gasteiger partial charge in [-0.1, -0.05) is 25.5 Å². The Hall–Kier alpha value is -1.92. The van der Waals surface area contributed by atoms with Gasteiger partial charge in [0.05, 0.1) is 6.10 Å². The summed E-state index contributed by atoms with van der Waals surface area (Å²) in [5.74, 6) is -2.66. The molecule has 6 nitrogen and oxygen atoms in total. The summed E-state index contributed by atoms with van der Waals surface area (Å²) in [4.78, 5) is 24.5. The Bertz CT molecular complexity index is 791. The summed E-state index contributed by atoms with van der Waals surface area (Å²) < 4.78 is 17.2. The molecule has 2 aliphatic carbocycles. The van der Waals surface area contributed by atoms with Crippen molar-refractivity contribution < 1.29 is 28.9 Å². The first-order valence-corrected chi connectivity index (χ1v) is 9.94. The fourth-order valence-corrected chi connectivity index (χ4v) is 4.74. The van der Waals surface area contributed by atoms with Gasteiger partial charge in [0.15, 0.2) is 0 Å². The van der Waals surface area contributed by atoms with Gasteiger partial charge in [-0.3, -0.25) is 0 Å². The molecule has 0 aromatic heterocycles. The molecule has 28 heavy (non-hydrogen) atoms. The number of esters is 2. The maximum atomic E-state index is 12.3. The topological polar surface area (TPSA) is 82.1 Å². The molecule has 154 valence electrons. The molecular formula is C22H30O6. The molecule has 0 amide bonds. The Morgan fingerprint density at radius 3 is 2.75 bits per heavy atom. The summed E-state index contributed by atoms with van der Waals surface area (Å²) in [6, 6.07) is 0. The van der Waals surface area contributed by atoms with Crippen LogP contribution in [-0.2, 0) is 23.8 Å². The molecule has 5 atom stereocenters. The molecule has 3 rings (SSSR count). The maximum absolute atomic E-state index is 12.3. The quantitative estimate of drug-likeness (QED) is 0.451. The molecule has 1 saturated carbocycles. The summed E-state index contributed by atoms with van der Waals surface area (Å²) >= 11 is 0. The average molecular weight is 390 g/mol. The first kappa shape index (κ1) is 20.8. The van der Waals surface area contributed by atoms with Gasteiger partial charge >= 0.3 is 11.9 Å². The number of aliphatic hydroxyl groups is 1. The van der Waals surface area contributed by atoms with Crippen molar-refractivity contribution >= 4 is 11.9 Å². The number of fused-ring (bicyclic) bond motifs is 2. The molecule has 0 bridgehead atoms. The highest BCUT2D eigenvalue weighted by Gasteiger charge is 2.61. The van der Waals surface area contributed by atoms with Gasteiger partial charge in [-0.25, -0.2) is 9.59 Å². The summed E-state index contributed by atoms with van der Waals surface area (Å²) in [5, 5.41) is 11.1. The standard InChI is InChI=1S/C22H30O6/c1-7-12(3)19(23)27-16-10-9-15-11-22(25)17(13(4)20(24)28-22)18(26-8-2)21(15,6)14(16)5/h7,11,14,16,18,25H,8-10H2,1-6H3. The Kier molecular flexibility index (Phi) is 5.32. The van der Waals surface area contributed by atoms with Gasteiger partial charge in [0.2, 0.25) is 0 Å². The third-order valence-electron chi connectivity index (χ3n) is 6.76. The number of carbonyl (C=O) groups excluding carboxylic acids is 2. The number of ether oxygens (including phenoxy) is 3. The first-order chi connectivity index (χ1) is 13.1. The van der Waals surface area contributed by atoms with Gasteiger partial charge in [-0.2, -0.15) is 0 Å².